The van der Waals surface area contributed by atoms with E-state index in [9.17, 15) is 9.90 Å². The third-order valence-electron chi connectivity index (χ3n) is 9.44. The van der Waals surface area contributed by atoms with Gasteiger partial charge in [0.1, 0.15) is 6.10 Å². The van der Waals surface area contributed by atoms with Crippen LogP contribution in [0.5, 0.6) is 0 Å². The predicted octanol–water partition coefficient (Wildman–Crippen LogP) is 14.1. The second-order valence-corrected chi connectivity index (χ2v) is 14.4. The molecule has 0 aliphatic carbocycles. The normalized spacial score (nSPS) is 12.6. The number of unbranched alkanes of at least 4 members (excludes halogenated alkanes) is 26. The minimum Gasteiger partial charge on any atom is -0.457 e. The first-order chi connectivity index (χ1) is 24.2. The highest BCUT2D eigenvalue weighted by atomic mass is 16.6. The van der Waals surface area contributed by atoms with Gasteiger partial charge in [-0.05, 0) is 70.6 Å². The fourth-order valence-electron chi connectivity index (χ4n) is 6.18. The zero-order valence-electron chi connectivity index (χ0n) is 33.0. The highest BCUT2D eigenvalue weighted by molar-refractivity contribution is 5.69. The van der Waals surface area contributed by atoms with Crippen molar-refractivity contribution in [2.45, 2.75) is 225 Å². The van der Waals surface area contributed by atoms with Gasteiger partial charge >= 0.3 is 5.97 Å². The van der Waals surface area contributed by atoms with Crippen LogP contribution in [0.1, 0.15) is 219 Å². The van der Waals surface area contributed by atoms with Crippen LogP contribution in [0.15, 0.2) is 36.5 Å². The molecule has 1 N–H and O–H groups in total. The Morgan fingerprint density at radius 1 is 0.490 bits per heavy atom. The van der Waals surface area contributed by atoms with Crippen molar-refractivity contribution in [2.75, 3.05) is 19.8 Å². The maximum absolute atomic E-state index is 12.2. The first-order valence-corrected chi connectivity index (χ1v) is 21.6. The SMILES string of the molecule is CCCCCC/C=C\C/C=C\CCCCCCCCCC(=O)OC(CO)COCCCCCCCCCC/C=C\CCCCCCCCC. The molecule has 0 spiro atoms. The molecule has 0 fully saturated rings. The first kappa shape index (κ1) is 47.6. The molecule has 0 aromatic heterocycles. The molecule has 0 radical (unpaired) electrons. The Bertz CT molecular complexity index is 728. The summed E-state index contributed by atoms with van der Waals surface area (Å²) in [7, 11) is 0. The van der Waals surface area contributed by atoms with Gasteiger partial charge in [-0.25, -0.2) is 0 Å². The maximum Gasteiger partial charge on any atom is 0.306 e. The lowest BCUT2D eigenvalue weighted by atomic mass is 10.1. The molecular formula is C45H84O4. The third kappa shape index (κ3) is 40.9. The van der Waals surface area contributed by atoms with E-state index in [2.05, 4.69) is 50.3 Å². The van der Waals surface area contributed by atoms with Crippen molar-refractivity contribution < 1.29 is 19.4 Å². The van der Waals surface area contributed by atoms with E-state index in [0.29, 0.717) is 19.6 Å². The molecule has 0 aromatic rings. The van der Waals surface area contributed by atoms with E-state index in [1.165, 1.54) is 173 Å². The van der Waals surface area contributed by atoms with E-state index in [0.717, 1.165) is 25.7 Å². The summed E-state index contributed by atoms with van der Waals surface area (Å²) in [5.41, 5.74) is 0. The topological polar surface area (TPSA) is 55.8 Å². The lowest BCUT2D eigenvalue weighted by Gasteiger charge is -2.16. The van der Waals surface area contributed by atoms with Gasteiger partial charge in [0.15, 0.2) is 0 Å². The number of aliphatic hydroxyl groups is 1. The van der Waals surface area contributed by atoms with Gasteiger partial charge in [-0.2, -0.15) is 0 Å². The van der Waals surface area contributed by atoms with Crippen LogP contribution in [0.4, 0.5) is 0 Å². The molecule has 0 aromatic carbocycles. The number of hydrogen-bond acceptors (Lipinski definition) is 4. The van der Waals surface area contributed by atoms with Crippen LogP contribution in [0, 0.1) is 0 Å². The zero-order valence-corrected chi connectivity index (χ0v) is 33.0. The summed E-state index contributed by atoms with van der Waals surface area (Å²) >= 11 is 0. The van der Waals surface area contributed by atoms with Crippen LogP contribution in [0.2, 0.25) is 0 Å². The van der Waals surface area contributed by atoms with Crippen molar-refractivity contribution in [1.29, 1.82) is 0 Å². The Kier molecular flexibility index (Phi) is 41.6. The first-order valence-electron chi connectivity index (χ1n) is 21.6. The molecule has 0 aliphatic heterocycles. The number of rotatable bonds is 40. The van der Waals surface area contributed by atoms with Crippen LogP contribution in [-0.2, 0) is 14.3 Å². The second kappa shape index (κ2) is 42.8. The smallest absolute Gasteiger partial charge is 0.306 e. The maximum atomic E-state index is 12.2. The van der Waals surface area contributed by atoms with Gasteiger partial charge in [0.05, 0.1) is 13.2 Å². The Morgan fingerprint density at radius 3 is 1.31 bits per heavy atom. The van der Waals surface area contributed by atoms with Crippen LogP contribution >= 0.6 is 0 Å². The standard InChI is InChI=1S/C45H84O4/c1-3-5-7-9-11-13-15-17-19-21-23-25-27-29-31-33-35-37-39-41-48-43-44(42-46)49-45(47)40-38-36-34-32-30-28-26-24-22-20-18-16-14-12-10-8-6-4-2/h14,16,19-22,44,46H,3-13,15,17-18,23-43H2,1-2H3/b16-14-,21-19-,22-20-. The number of esters is 1. The molecule has 4 nitrogen and oxygen atoms in total. The van der Waals surface area contributed by atoms with Gasteiger partial charge < -0.3 is 14.6 Å². The molecular weight excluding hydrogens is 604 g/mol. The molecule has 0 rings (SSSR count). The number of carbonyl (C=O) groups excluding carboxylic acids is 1. The summed E-state index contributed by atoms with van der Waals surface area (Å²) in [5, 5.41) is 9.60. The van der Waals surface area contributed by atoms with Crippen molar-refractivity contribution in [3.8, 4) is 0 Å². The second-order valence-electron chi connectivity index (χ2n) is 14.4. The fourth-order valence-corrected chi connectivity index (χ4v) is 6.18. The molecule has 1 unspecified atom stereocenters. The summed E-state index contributed by atoms with van der Waals surface area (Å²) in [4.78, 5) is 12.2. The average molecular weight is 689 g/mol. The van der Waals surface area contributed by atoms with Crippen LogP contribution < -0.4 is 0 Å². The molecule has 0 saturated carbocycles. The van der Waals surface area contributed by atoms with Gasteiger partial charge in [-0.15, -0.1) is 0 Å². The zero-order chi connectivity index (χ0) is 35.6. The highest BCUT2D eigenvalue weighted by Crippen LogP contribution is 2.13. The summed E-state index contributed by atoms with van der Waals surface area (Å²) < 4.78 is 11.2. The molecule has 0 heterocycles. The van der Waals surface area contributed by atoms with Crippen molar-refractivity contribution in [3.05, 3.63) is 36.5 Å². The van der Waals surface area contributed by atoms with Gasteiger partial charge in [0, 0.05) is 13.0 Å². The number of aliphatic hydroxyl groups excluding tert-OH is 1. The van der Waals surface area contributed by atoms with Crippen molar-refractivity contribution in [2.24, 2.45) is 0 Å². The largest absolute Gasteiger partial charge is 0.457 e. The van der Waals surface area contributed by atoms with Crippen LogP contribution in [0.25, 0.3) is 0 Å². The number of allylic oxidation sites excluding steroid dienone is 6. The van der Waals surface area contributed by atoms with Gasteiger partial charge in [-0.1, -0.05) is 179 Å². The van der Waals surface area contributed by atoms with Crippen molar-refractivity contribution >= 4 is 5.97 Å². The van der Waals surface area contributed by atoms with E-state index in [1.54, 1.807) is 0 Å². The molecule has 0 saturated heterocycles. The molecule has 288 valence electrons. The summed E-state index contributed by atoms with van der Waals surface area (Å²) in [6.45, 7) is 5.33. The Labute approximate surface area is 306 Å². The molecule has 4 heteroatoms. The van der Waals surface area contributed by atoms with Gasteiger partial charge in [0.25, 0.3) is 0 Å². The van der Waals surface area contributed by atoms with E-state index in [-0.39, 0.29) is 12.6 Å². The van der Waals surface area contributed by atoms with Crippen LogP contribution in [-0.4, -0.2) is 37.0 Å². The van der Waals surface area contributed by atoms with Crippen LogP contribution in [0.3, 0.4) is 0 Å². The Hall–Kier alpha value is -1.39. The Morgan fingerprint density at radius 2 is 0.857 bits per heavy atom. The summed E-state index contributed by atoms with van der Waals surface area (Å²) in [5.74, 6) is -0.208. The fraction of sp³-hybridized carbons (Fsp3) is 0.844. The average Bonchev–Trinajstić information content (AvgIpc) is 3.11. The number of ether oxygens (including phenoxy) is 2. The van der Waals surface area contributed by atoms with E-state index in [4.69, 9.17) is 9.47 Å². The predicted molar refractivity (Wildman–Crippen MR) is 214 cm³/mol. The Balaban J connectivity index is 3.44. The highest BCUT2D eigenvalue weighted by Gasteiger charge is 2.13. The van der Waals surface area contributed by atoms with Gasteiger partial charge in [0.2, 0.25) is 0 Å². The van der Waals surface area contributed by atoms with E-state index < -0.39 is 6.10 Å². The lowest BCUT2D eigenvalue weighted by molar-refractivity contribution is -0.154. The lowest BCUT2D eigenvalue weighted by Crippen LogP contribution is -2.27. The molecule has 0 bridgehead atoms. The summed E-state index contributed by atoms with van der Waals surface area (Å²) in [6.07, 6.45) is 53.4. The number of hydrogen-bond donors (Lipinski definition) is 1. The molecule has 49 heavy (non-hydrogen) atoms. The summed E-state index contributed by atoms with van der Waals surface area (Å²) in [6, 6.07) is 0. The monoisotopic (exact) mass is 689 g/mol. The van der Waals surface area contributed by atoms with Gasteiger partial charge in [-0.3, -0.25) is 4.79 Å². The molecule has 0 aliphatic rings. The van der Waals surface area contributed by atoms with E-state index >= 15 is 0 Å². The minimum atomic E-state index is -0.539. The molecule has 1 atom stereocenters. The number of carbonyl (C=O) groups is 1. The molecule has 0 amide bonds. The van der Waals surface area contributed by atoms with Crippen molar-refractivity contribution in [3.63, 3.8) is 0 Å². The quantitative estimate of drug-likeness (QED) is 0.0395. The van der Waals surface area contributed by atoms with Crippen molar-refractivity contribution in [1.82, 2.24) is 0 Å². The third-order valence-corrected chi connectivity index (χ3v) is 9.44. The van der Waals surface area contributed by atoms with E-state index in [1.807, 2.05) is 0 Å². The minimum absolute atomic E-state index is 0.175.